The number of hydrogen-bond acceptors (Lipinski definition) is 9. The van der Waals surface area contributed by atoms with E-state index in [1.165, 1.54) is 26.2 Å². The standard InChI is InChI=1S/2C8H9NOS.C8H9NS2/c9-6-1-2-8-7(5-6)10-3-4-11-8;2*9-6-1-2-7-8(5-6)11-4-3-10-7/h3*1-2,5H,3-4,9H2. The number of nitrogens with two attached hydrogens (primary N) is 3. The molecule has 0 unspecified atom stereocenters. The van der Waals surface area contributed by atoms with Crippen LogP contribution in [0.1, 0.15) is 0 Å². The van der Waals surface area contributed by atoms with Gasteiger partial charge >= 0.3 is 0 Å². The molecule has 0 spiro atoms. The van der Waals surface area contributed by atoms with E-state index in [2.05, 4.69) is 12.1 Å². The number of ether oxygens (including phenoxy) is 2. The van der Waals surface area contributed by atoms with E-state index >= 15 is 0 Å². The molecule has 0 atom stereocenters. The Hall–Kier alpha value is -1.94. The molecule has 3 aromatic carbocycles. The molecule has 5 nitrogen and oxygen atoms in total. The molecule has 9 heteroatoms. The summed E-state index contributed by atoms with van der Waals surface area (Å²) in [5.41, 5.74) is 19.3. The van der Waals surface area contributed by atoms with Crippen molar-refractivity contribution in [2.45, 2.75) is 19.6 Å². The molecule has 0 radical (unpaired) electrons. The van der Waals surface area contributed by atoms with Crippen molar-refractivity contribution >= 4 is 64.1 Å². The number of hydrogen-bond donors (Lipinski definition) is 3. The summed E-state index contributed by atoms with van der Waals surface area (Å²) in [6.45, 7) is 1.60. The molecule has 0 fully saturated rings. The van der Waals surface area contributed by atoms with Crippen molar-refractivity contribution in [3.05, 3.63) is 54.6 Å². The summed E-state index contributed by atoms with van der Waals surface area (Å²) in [5.74, 6) is 6.40. The number of fused-ring (bicyclic) bond motifs is 3. The molecule has 174 valence electrons. The second kappa shape index (κ2) is 12.0. The highest BCUT2D eigenvalue weighted by molar-refractivity contribution is 8.05. The van der Waals surface area contributed by atoms with Crippen LogP contribution in [0, 0.1) is 0 Å². The van der Waals surface area contributed by atoms with E-state index in [9.17, 15) is 0 Å². The largest absolute Gasteiger partial charge is 0.492 e. The first-order chi connectivity index (χ1) is 16.1. The molecule has 3 aliphatic heterocycles. The molecular weight excluding hydrogens is 491 g/mol. The monoisotopic (exact) mass is 517 g/mol. The third kappa shape index (κ3) is 7.02. The van der Waals surface area contributed by atoms with Crippen LogP contribution in [0.5, 0.6) is 11.5 Å². The minimum Gasteiger partial charge on any atom is -0.492 e. The van der Waals surface area contributed by atoms with Crippen molar-refractivity contribution in [2.24, 2.45) is 0 Å². The van der Waals surface area contributed by atoms with Gasteiger partial charge in [0.25, 0.3) is 0 Å². The van der Waals surface area contributed by atoms with Gasteiger partial charge in [-0.2, -0.15) is 0 Å². The van der Waals surface area contributed by atoms with Crippen LogP contribution in [-0.2, 0) is 0 Å². The summed E-state index contributed by atoms with van der Waals surface area (Å²) in [6.07, 6.45) is 0. The summed E-state index contributed by atoms with van der Waals surface area (Å²) >= 11 is 7.44. The Morgan fingerprint density at radius 1 is 0.485 bits per heavy atom. The minimum atomic E-state index is 0.770. The lowest BCUT2D eigenvalue weighted by Crippen LogP contribution is -2.06. The minimum absolute atomic E-state index is 0.770. The van der Waals surface area contributed by atoms with E-state index in [1.54, 1.807) is 11.8 Å². The van der Waals surface area contributed by atoms with Gasteiger partial charge < -0.3 is 26.7 Å². The maximum Gasteiger partial charge on any atom is 0.134 e. The molecule has 3 aliphatic rings. The topological polar surface area (TPSA) is 96.5 Å². The van der Waals surface area contributed by atoms with Crippen LogP contribution in [-0.4, -0.2) is 36.2 Å². The highest BCUT2D eigenvalue weighted by atomic mass is 32.2. The van der Waals surface area contributed by atoms with Crippen LogP contribution in [0.3, 0.4) is 0 Å². The Kier molecular flexibility index (Phi) is 8.77. The highest BCUT2D eigenvalue weighted by Crippen LogP contribution is 2.37. The quantitative estimate of drug-likeness (QED) is 0.311. The molecular formula is C24H27N3O2S4. The van der Waals surface area contributed by atoms with Gasteiger partial charge in [0, 0.05) is 60.8 Å². The van der Waals surface area contributed by atoms with Gasteiger partial charge in [0.2, 0.25) is 0 Å². The number of nitrogen functional groups attached to an aromatic ring is 3. The Morgan fingerprint density at radius 3 is 1.76 bits per heavy atom. The van der Waals surface area contributed by atoms with Crippen LogP contribution >= 0.6 is 47.0 Å². The Balaban J connectivity index is 0.000000118. The Morgan fingerprint density at radius 2 is 1.00 bits per heavy atom. The van der Waals surface area contributed by atoms with Gasteiger partial charge in [-0.15, -0.1) is 47.0 Å². The van der Waals surface area contributed by atoms with Crippen molar-refractivity contribution in [2.75, 3.05) is 53.4 Å². The average Bonchev–Trinajstić information content (AvgIpc) is 2.84. The lowest BCUT2D eigenvalue weighted by atomic mass is 10.3. The zero-order valence-corrected chi connectivity index (χ0v) is 21.4. The molecule has 0 amide bonds. The maximum atomic E-state index is 5.66. The molecule has 0 saturated carbocycles. The fraction of sp³-hybridized carbons (Fsp3) is 0.250. The second-order valence-corrected chi connectivity index (χ2v) is 11.8. The van der Waals surface area contributed by atoms with Crippen molar-refractivity contribution in [1.29, 1.82) is 0 Å². The van der Waals surface area contributed by atoms with Gasteiger partial charge in [-0.25, -0.2) is 0 Å². The maximum absolute atomic E-state index is 5.66. The fourth-order valence-corrected chi connectivity index (χ4v) is 7.12. The van der Waals surface area contributed by atoms with E-state index in [0.29, 0.717) is 0 Å². The van der Waals surface area contributed by atoms with Gasteiger partial charge in [0.15, 0.2) is 0 Å². The molecule has 0 saturated heterocycles. The zero-order chi connectivity index (χ0) is 23.0. The van der Waals surface area contributed by atoms with Crippen molar-refractivity contribution in [1.82, 2.24) is 0 Å². The Bertz CT molecular complexity index is 961. The molecule has 6 N–H and O–H groups in total. The molecule has 3 aromatic rings. The molecule has 33 heavy (non-hydrogen) atoms. The number of anilines is 3. The van der Waals surface area contributed by atoms with Gasteiger partial charge in [-0.05, 0) is 48.5 Å². The van der Waals surface area contributed by atoms with E-state index in [4.69, 9.17) is 26.7 Å². The summed E-state index contributed by atoms with van der Waals surface area (Å²) in [6, 6.07) is 17.7. The molecule has 0 aromatic heterocycles. The smallest absolute Gasteiger partial charge is 0.134 e. The number of rotatable bonds is 0. The van der Waals surface area contributed by atoms with Gasteiger partial charge in [0.05, 0.1) is 18.1 Å². The van der Waals surface area contributed by atoms with Crippen molar-refractivity contribution < 1.29 is 9.47 Å². The van der Waals surface area contributed by atoms with Crippen molar-refractivity contribution in [3.63, 3.8) is 0 Å². The number of thioether (sulfide) groups is 4. The fourth-order valence-electron chi connectivity index (χ4n) is 3.18. The van der Waals surface area contributed by atoms with Crippen LogP contribution in [0.25, 0.3) is 0 Å². The average molecular weight is 518 g/mol. The Labute approximate surface area is 211 Å². The normalized spacial score (nSPS) is 15.5. The molecule has 6 rings (SSSR count). The van der Waals surface area contributed by atoms with Gasteiger partial charge in [-0.1, -0.05) is 0 Å². The van der Waals surface area contributed by atoms with Crippen LogP contribution in [0.2, 0.25) is 0 Å². The first-order valence-corrected chi connectivity index (χ1v) is 14.5. The highest BCUT2D eigenvalue weighted by Gasteiger charge is 2.11. The van der Waals surface area contributed by atoms with E-state index < -0.39 is 0 Å². The van der Waals surface area contributed by atoms with Gasteiger partial charge in [-0.3, -0.25) is 0 Å². The van der Waals surface area contributed by atoms with Crippen LogP contribution in [0.15, 0.2) is 74.2 Å². The first-order valence-electron chi connectivity index (χ1n) is 10.5. The molecule has 0 bridgehead atoms. The van der Waals surface area contributed by atoms with Crippen molar-refractivity contribution in [3.8, 4) is 11.5 Å². The summed E-state index contributed by atoms with van der Waals surface area (Å²) < 4.78 is 10.8. The summed E-state index contributed by atoms with van der Waals surface area (Å²) in [5, 5.41) is 0. The number of benzene rings is 3. The molecule has 0 aliphatic carbocycles. The predicted molar refractivity (Wildman–Crippen MR) is 146 cm³/mol. The SMILES string of the molecule is Nc1ccc2c(c1)OCCS2.Nc1ccc2c(c1)SCCO2.Nc1ccc2c(c1)SCCS2. The predicted octanol–water partition coefficient (Wildman–Crippen LogP) is 5.97. The summed E-state index contributed by atoms with van der Waals surface area (Å²) in [4.78, 5) is 5.10. The van der Waals surface area contributed by atoms with Crippen LogP contribution in [0.4, 0.5) is 17.1 Å². The lowest BCUT2D eigenvalue weighted by Gasteiger charge is -2.16. The summed E-state index contributed by atoms with van der Waals surface area (Å²) in [7, 11) is 0. The van der Waals surface area contributed by atoms with E-state index in [0.717, 1.165) is 58.2 Å². The zero-order valence-electron chi connectivity index (χ0n) is 18.1. The van der Waals surface area contributed by atoms with Crippen LogP contribution < -0.4 is 26.7 Å². The third-order valence-electron chi connectivity index (χ3n) is 4.70. The van der Waals surface area contributed by atoms with Gasteiger partial charge in [0.1, 0.15) is 11.5 Å². The second-order valence-electron chi connectivity index (χ2n) is 7.21. The first kappa shape index (κ1) is 24.2. The van der Waals surface area contributed by atoms with E-state index in [-0.39, 0.29) is 0 Å². The lowest BCUT2D eigenvalue weighted by molar-refractivity contribution is 0.330. The molecule has 3 heterocycles. The van der Waals surface area contributed by atoms with E-state index in [1.807, 2.05) is 77.8 Å². The third-order valence-corrected chi connectivity index (χ3v) is 9.24.